The van der Waals surface area contributed by atoms with Gasteiger partial charge < -0.3 is 10.6 Å². The fourth-order valence-electron chi connectivity index (χ4n) is 2.38. The van der Waals surface area contributed by atoms with E-state index in [0.29, 0.717) is 11.4 Å². The number of rotatable bonds is 2. The first-order chi connectivity index (χ1) is 10.1. The average molecular weight is 280 g/mol. The number of nitrogen functional groups attached to an aromatic ring is 1. The zero-order valence-corrected chi connectivity index (χ0v) is 11.9. The molecule has 0 atom stereocenters. The maximum absolute atomic E-state index is 12.7. The molecular formula is C16H16N4O. The molecule has 0 aliphatic heterocycles. The van der Waals surface area contributed by atoms with Gasteiger partial charge in [-0.2, -0.15) is 5.10 Å². The van der Waals surface area contributed by atoms with E-state index in [1.165, 1.54) is 0 Å². The number of nitrogens with zero attached hydrogens (tertiary/aromatic N) is 3. The largest absolute Gasteiger partial charge is 0.399 e. The Morgan fingerprint density at radius 2 is 1.95 bits per heavy atom. The zero-order valence-electron chi connectivity index (χ0n) is 11.9. The van der Waals surface area contributed by atoms with Gasteiger partial charge in [-0.1, -0.05) is 24.3 Å². The van der Waals surface area contributed by atoms with E-state index < -0.39 is 0 Å². The van der Waals surface area contributed by atoms with E-state index in [1.807, 2.05) is 43.4 Å². The van der Waals surface area contributed by atoms with Crippen LogP contribution in [-0.2, 0) is 7.05 Å². The second-order valence-corrected chi connectivity index (χ2v) is 4.95. The minimum atomic E-state index is -0.155. The molecule has 0 fully saturated rings. The number of aryl methyl sites for hydroxylation is 1. The fraction of sp³-hybridized carbons (Fsp3) is 0.125. The molecule has 0 aliphatic carbocycles. The first-order valence-corrected chi connectivity index (χ1v) is 6.63. The van der Waals surface area contributed by atoms with Gasteiger partial charge in [-0.3, -0.25) is 9.48 Å². The number of benzene rings is 2. The summed E-state index contributed by atoms with van der Waals surface area (Å²) in [5, 5.41) is 5.20. The first-order valence-electron chi connectivity index (χ1n) is 6.63. The standard InChI is InChI=1S/C16H16N4O/c1-19(12-7-5-6-11(17)10-12)16(21)15-13-8-3-4-9-14(13)20(2)18-15/h3-10H,17H2,1-2H3. The summed E-state index contributed by atoms with van der Waals surface area (Å²) >= 11 is 0. The van der Waals surface area contributed by atoms with Crippen LogP contribution in [0.2, 0.25) is 0 Å². The maximum atomic E-state index is 12.7. The van der Waals surface area contributed by atoms with Gasteiger partial charge in [0.25, 0.3) is 5.91 Å². The molecular weight excluding hydrogens is 264 g/mol. The molecule has 1 heterocycles. The van der Waals surface area contributed by atoms with Crippen molar-refractivity contribution >= 4 is 28.2 Å². The highest BCUT2D eigenvalue weighted by Crippen LogP contribution is 2.22. The molecule has 0 spiro atoms. The van der Waals surface area contributed by atoms with Crippen LogP contribution in [0, 0.1) is 0 Å². The minimum absolute atomic E-state index is 0.155. The predicted molar refractivity (Wildman–Crippen MR) is 84.3 cm³/mol. The smallest absolute Gasteiger partial charge is 0.279 e. The van der Waals surface area contributed by atoms with Crippen LogP contribution in [0.4, 0.5) is 11.4 Å². The number of fused-ring (bicyclic) bond motifs is 1. The van der Waals surface area contributed by atoms with Gasteiger partial charge in [-0.25, -0.2) is 0 Å². The average Bonchev–Trinajstić information content (AvgIpc) is 2.83. The number of amides is 1. The SMILES string of the molecule is CN(C(=O)c1nn(C)c2ccccc12)c1cccc(N)c1. The molecule has 0 radical (unpaired) electrons. The number of hydrogen-bond acceptors (Lipinski definition) is 3. The predicted octanol–water partition coefficient (Wildman–Crippen LogP) is 2.43. The third-order valence-electron chi connectivity index (χ3n) is 3.52. The molecule has 3 rings (SSSR count). The van der Waals surface area contributed by atoms with E-state index in [-0.39, 0.29) is 5.91 Å². The van der Waals surface area contributed by atoms with Crippen LogP contribution in [0.3, 0.4) is 0 Å². The van der Waals surface area contributed by atoms with Gasteiger partial charge in [0.15, 0.2) is 5.69 Å². The number of hydrogen-bond donors (Lipinski definition) is 1. The summed E-state index contributed by atoms with van der Waals surface area (Å²) in [4.78, 5) is 14.3. The molecule has 0 unspecified atom stereocenters. The summed E-state index contributed by atoms with van der Waals surface area (Å²) in [5.74, 6) is -0.155. The number of para-hydroxylation sites is 1. The van der Waals surface area contributed by atoms with Gasteiger partial charge in [-0.15, -0.1) is 0 Å². The minimum Gasteiger partial charge on any atom is -0.399 e. The third-order valence-corrected chi connectivity index (χ3v) is 3.52. The molecule has 2 aromatic carbocycles. The van der Waals surface area contributed by atoms with Crippen molar-refractivity contribution in [2.45, 2.75) is 0 Å². The lowest BCUT2D eigenvalue weighted by atomic mass is 10.2. The number of carbonyl (C=O) groups excluding carboxylic acids is 1. The van der Waals surface area contributed by atoms with Crippen LogP contribution in [0.15, 0.2) is 48.5 Å². The van der Waals surface area contributed by atoms with E-state index in [9.17, 15) is 4.79 Å². The summed E-state index contributed by atoms with van der Waals surface area (Å²) in [6, 6.07) is 14.9. The van der Waals surface area contributed by atoms with Gasteiger partial charge in [-0.05, 0) is 24.3 Å². The first kappa shape index (κ1) is 13.2. The highest BCUT2D eigenvalue weighted by molar-refractivity contribution is 6.12. The van der Waals surface area contributed by atoms with Crippen molar-refractivity contribution in [3.63, 3.8) is 0 Å². The van der Waals surface area contributed by atoms with Gasteiger partial charge in [0, 0.05) is 30.9 Å². The number of aromatic nitrogens is 2. The van der Waals surface area contributed by atoms with Crippen LogP contribution in [0.1, 0.15) is 10.5 Å². The van der Waals surface area contributed by atoms with E-state index in [1.54, 1.807) is 28.8 Å². The lowest BCUT2D eigenvalue weighted by molar-refractivity contribution is 0.0989. The molecule has 2 N–H and O–H groups in total. The Kier molecular flexibility index (Phi) is 3.10. The van der Waals surface area contributed by atoms with E-state index in [0.717, 1.165) is 16.6 Å². The fourth-order valence-corrected chi connectivity index (χ4v) is 2.38. The van der Waals surface area contributed by atoms with Gasteiger partial charge in [0.05, 0.1) is 5.52 Å². The molecule has 106 valence electrons. The van der Waals surface area contributed by atoms with E-state index in [2.05, 4.69) is 5.10 Å². The lowest BCUT2D eigenvalue weighted by Gasteiger charge is -2.16. The summed E-state index contributed by atoms with van der Waals surface area (Å²) in [6.45, 7) is 0. The maximum Gasteiger partial charge on any atom is 0.279 e. The Hall–Kier alpha value is -2.82. The molecule has 0 bridgehead atoms. The third kappa shape index (κ3) is 2.23. The van der Waals surface area contributed by atoms with Crippen molar-refractivity contribution in [1.82, 2.24) is 9.78 Å². The van der Waals surface area contributed by atoms with Crippen LogP contribution in [-0.4, -0.2) is 22.7 Å². The summed E-state index contributed by atoms with van der Waals surface area (Å²) in [7, 11) is 3.56. The molecule has 21 heavy (non-hydrogen) atoms. The summed E-state index contributed by atoms with van der Waals surface area (Å²) in [5.41, 5.74) is 8.52. The monoisotopic (exact) mass is 280 g/mol. The van der Waals surface area contributed by atoms with Crippen LogP contribution < -0.4 is 10.6 Å². The topological polar surface area (TPSA) is 64.2 Å². The van der Waals surface area contributed by atoms with Crippen LogP contribution in [0.5, 0.6) is 0 Å². The molecule has 0 saturated heterocycles. The second-order valence-electron chi connectivity index (χ2n) is 4.95. The molecule has 5 heteroatoms. The van der Waals surface area contributed by atoms with Gasteiger partial charge in [0.2, 0.25) is 0 Å². The van der Waals surface area contributed by atoms with Gasteiger partial charge in [0.1, 0.15) is 0 Å². The molecule has 5 nitrogen and oxygen atoms in total. The molecule has 3 aromatic rings. The number of anilines is 2. The van der Waals surface area contributed by atoms with Gasteiger partial charge >= 0.3 is 0 Å². The number of carbonyl (C=O) groups is 1. The van der Waals surface area contributed by atoms with Crippen LogP contribution in [0.25, 0.3) is 10.9 Å². The van der Waals surface area contributed by atoms with Crippen molar-refractivity contribution in [3.05, 3.63) is 54.2 Å². The zero-order chi connectivity index (χ0) is 15.0. The molecule has 1 aromatic heterocycles. The van der Waals surface area contributed by atoms with E-state index >= 15 is 0 Å². The highest BCUT2D eigenvalue weighted by Gasteiger charge is 2.20. The van der Waals surface area contributed by atoms with Crippen molar-refractivity contribution < 1.29 is 4.79 Å². The highest BCUT2D eigenvalue weighted by atomic mass is 16.2. The Balaban J connectivity index is 2.04. The molecule has 1 amide bonds. The lowest BCUT2D eigenvalue weighted by Crippen LogP contribution is -2.27. The number of nitrogens with two attached hydrogens (primary N) is 1. The Morgan fingerprint density at radius 3 is 2.71 bits per heavy atom. The molecule has 0 aliphatic rings. The second kappa shape index (κ2) is 4.94. The van der Waals surface area contributed by atoms with Crippen molar-refractivity contribution in [2.24, 2.45) is 7.05 Å². The Labute approximate surface area is 122 Å². The van der Waals surface area contributed by atoms with Crippen LogP contribution >= 0.6 is 0 Å². The van der Waals surface area contributed by atoms with Crippen molar-refractivity contribution in [2.75, 3.05) is 17.7 Å². The van der Waals surface area contributed by atoms with Crippen molar-refractivity contribution in [3.8, 4) is 0 Å². The summed E-state index contributed by atoms with van der Waals surface area (Å²) < 4.78 is 1.72. The summed E-state index contributed by atoms with van der Waals surface area (Å²) in [6.07, 6.45) is 0. The normalized spacial score (nSPS) is 10.8. The Bertz CT molecular complexity index is 822. The van der Waals surface area contributed by atoms with E-state index in [4.69, 9.17) is 5.73 Å². The quantitative estimate of drug-likeness (QED) is 0.733. The van der Waals surface area contributed by atoms with Crippen molar-refractivity contribution in [1.29, 1.82) is 0 Å². The Morgan fingerprint density at radius 1 is 1.19 bits per heavy atom. The molecule has 0 saturated carbocycles.